The third kappa shape index (κ3) is 21.1. The summed E-state index contributed by atoms with van der Waals surface area (Å²) in [7, 11) is 11.8. The Morgan fingerprint density at radius 1 is 0.445 bits per heavy atom. The normalized spacial score (nSPS) is 13.5. The summed E-state index contributed by atoms with van der Waals surface area (Å²) in [6.45, 7) is 24.2. The van der Waals surface area contributed by atoms with Gasteiger partial charge < -0.3 is 63.2 Å². The molecular weight excluding hydrogens is 1520 g/mol. The van der Waals surface area contributed by atoms with E-state index < -0.39 is 75.4 Å². The molecule has 34 nitrogen and oxygen atoms in total. The molecule has 0 unspecified atom stereocenters. The number of nitro benzene ring substituents is 1. The van der Waals surface area contributed by atoms with Crippen molar-refractivity contribution in [1.29, 1.82) is 0 Å². The molecule has 10 amide bonds. The topological polar surface area (TPSA) is 364 Å². The number of nitrogens with two attached hydrogens (primary N) is 1. The Bertz CT molecular complexity index is 4420. The van der Waals surface area contributed by atoms with E-state index in [1.165, 1.54) is 85.0 Å². The first kappa shape index (κ1) is 86.7. The van der Waals surface area contributed by atoms with Gasteiger partial charge in [0, 0.05) is 108 Å². The number of hydrogen-bond donors (Lipinski definition) is 1. The second-order valence-electron chi connectivity index (χ2n) is 28.9. The molecule has 594 valence electrons. The van der Waals surface area contributed by atoms with E-state index in [9.17, 15) is 48.5 Å². The Morgan fingerprint density at radius 3 is 1.05 bits per heavy atom. The van der Waals surface area contributed by atoms with Crippen molar-refractivity contribution in [1.82, 2.24) is 39.5 Å². The van der Waals surface area contributed by atoms with Crippen molar-refractivity contribution in [3.63, 3.8) is 0 Å². The molecule has 0 atom stereocenters. The Balaban J connectivity index is 0.000000306. The zero-order chi connectivity index (χ0) is 82.1. The van der Waals surface area contributed by atoms with Gasteiger partial charge in [-0.2, -0.15) is 9.80 Å². The summed E-state index contributed by atoms with van der Waals surface area (Å²) >= 11 is 26.6. The first-order valence-corrected chi connectivity index (χ1v) is 35.4. The maximum atomic E-state index is 14.4. The van der Waals surface area contributed by atoms with Crippen LogP contribution in [-0.2, 0) is 18.9 Å². The molecule has 4 aromatic carbocycles. The minimum atomic E-state index is -1.18. The van der Waals surface area contributed by atoms with E-state index in [1.54, 1.807) is 99.0 Å². The summed E-state index contributed by atoms with van der Waals surface area (Å²) in [6, 6.07) is 11.4. The number of methoxy groups -OCH3 is 4. The van der Waals surface area contributed by atoms with Gasteiger partial charge in [-0.05, 0) is 128 Å². The number of nitrogens with zero attached hydrogens (tertiary/aromatic N) is 15. The van der Waals surface area contributed by atoms with Crippen molar-refractivity contribution >= 4 is 152 Å². The fraction of sp³-hybridized carbons (Fsp3) is 0.444. The molecule has 0 aliphatic carbocycles. The van der Waals surface area contributed by atoms with Crippen LogP contribution in [0.4, 0.5) is 86.2 Å². The van der Waals surface area contributed by atoms with Crippen molar-refractivity contribution in [2.45, 2.75) is 105 Å². The number of rotatable bonds is 15. The van der Waals surface area contributed by atoms with Crippen LogP contribution in [0, 0.1) is 10.1 Å². The van der Waals surface area contributed by atoms with E-state index in [2.05, 4.69) is 29.7 Å². The SMILES string of the molecule is COc1cc(OC)c(Cl)c(N(C(=O)OC(C)(C)C)C(=O)N(C)c2cc(N(C(=O)OC(C)(C)C)c3ccc(C(=O)N4CCN(C)CC4)cc3N)ncn2)c1Cl.COc1cc(OC)c(Cl)c(N(C(=O)OC(C)(C)C)C(=O)N(C)c2cc(N(C(=O)OC(C)(C)C)c3ccc(C(=O)N4CCN(C)CC4)cc3[N+](=O)[O-])ncn2)c1Cl. The van der Waals surface area contributed by atoms with E-state index in [4.69, 9.17) is 90.0 Å². The van der Waals surface area contributed by atoms with Gasteiger partial charge in [-0.25, -0.2) is 58.5 Å². The van der Waals surface area contributed by atoms with E-state index >= 15 is 0 Å². The Morgan fingerprint density at radius 2 is 0.745 bits per heavy atom. The largest absolute Gasteiger partial charge is 0.495 e. The fourth-order valence-electron chi connectivity index (χ4n) is 10.6. The smallest absolute Gasteiger partial charge is 0.423 e. The van der Waals surface area contributed by atoms with Crippen LogP contribution < -0.4 is 54.1 Å². The van der Waals surface area contributed by atoms with Gasteiger partial charge in [0.25, 0.3) is 17.5 Å². The third-order valence-corrected chi connectivity index (χ3v) is 17.4. The number of amides is 10. The van der Waals surface area contributed by atoms with Crippen molar-refractivity contribution in [3.05, 3.63) is 115 Å². The van der Waals surface area contributed by atoms with E-state index in [0.717, 1.165) is 57.5 Å². The van der Waals surface area contributed by atoms with Gasteiger partial charge in [0.15, 0.2) is 0 Å². The second-order valence-corrected chi connectivity index (χ2v) is 30.4. The van der Waals surface area contributed by atoms with Crippen LogP contribution in [0.3, 0.4) is 0 Å². The van der Waals surface area contributed by atoms with Gasteiger partial charge in [-0.1, -0.05) is 46.4 Å². The third-order valence-electron chi connectivity index (χ3n) is 16.0. The summed E-state index contributed by atoms with van der Waals surface area (Å²) < 4.78 is 44.0. The highest BCUT2D eigenvalue weighted by Gasteiger charge is 2.41. The van der Waals surface area contributed by atoms with Crippen LogP contribution in [0.25, 0.3) is 0 Å². The molecule has 0 spiro atoms. The fourth-order valence-corrected chi connectivity index (χ4v) is 11.9. The summed E-state index contributed by atoms with van der Waals surface area (Å²) in [6.07, 6.45) is -2.13. The van der Waals surface area contributed by atoms with E-state index in [-0.39, 0.29) is 106 Å². The predicted molar refractivity (Wildman–Crippen MR) is 416 cm³/mol. The number of hydrogen-bond acceptors (Lipinski definition) is 25. The molecule has 2 saturated heterocycles. The highest BCUT2D eigenvalue weighted by Crippen LogP contribution is 2.49. The molecule has 2 aromatic heterocycles. The summed E-state index contributed by atoms with van der Waals surface area (Å²) in [5.41, 5.74) is 1.48. The average Bonchev–Trinajstić information content (AvgIpc) is 0.782. The molecule has 6 aromatic rings. The summed E-state index contributed by atoms with van der Waals surface area (Å²) in [5, 5.41) is 11.7. The van der Waals surface area contributed by atoms with Gasteiger partial charge in [-0.3, -0.25) is 29.5 Å². The molecule has 110 heavy (non-hydrogen) atoms. The van der Waals surface area contributed by atoms with Gasteiger partial charge in [0.05, 0.1) is 44.7 Å². The molecule has 0 bridgehead atoms. The van der Waals surface area contributed by atoms with E-state index in [1.807, 2.05) is 14.1 Å². The maximum absolute atomic E-state index is 14.4. The molecule has 2 aliphatic rings. The van der Waals surface area contributed by atoms with E-state index in [0.29, 0.717) is 54.6 Å². The predicted octanol–water partition coefficient (Wildman–Crippen LogP) is 14.0. The number of piperazine rings is 2. The van der Waals surface area contributed by atoms with Crippen molar-refractivity contribution in [2.24, 2.45) is 0 Å². The number of urea groups is 2. The number of ether oxygens (including phenoxy) is 8. The maximum Gasteiger partial charge on any atom is 0.423 e. The molecule has 2 aliphatic heterocycles. The van der Waals surface area contributed by atoms with Gasteiger partial charge in [0.1, 0.15) is 118 Å². The quantitative estimate of drug-likeness (QED) is 0.0432. The van der Waals surface area contributed by atoms with Crippen LogP contribution in [0.2, 0.25) is 20.1 Å². The number of carbonyl (C=O) groups excluding carboxylic acids is 8. The molecular formula is C72H90Cl4N16O18. The van der Waals surface area contributed by atoms with Crippen molar-refractivity contribution in [3.8, 4) is 23.0 Å². The Labute approximate surface area is 656 Å². The standard InChI is InChI=1S/C36H44Cl2N8O10.C36H46Cl2N8O8/c1-35(2,3)55-33(49)44(22-12-11-21(17-23(22)46(51)52)31(47)43-15-13-41(7)14-16-43)27-19-26(39-20-40-27)42(8)32(48)45(34(50)56-36(4,5)6)30-28(37)24(53-9)18-25(54-10)29(30)38;1-35(2,3)53-33(49)45(23-12-11-21(17-22(23)39)31(47)44-15-13-42(7)14-16-44)27-19-26(40-20-41-27)43(8)32(48)46(34(50)54-36(4,5)6)30-28(37)24(51-9)18-25(52-10)29(30)38/h11-12,17-20H,13-16H2,1-10H3;11-12,17-20H,13-16,39H2,1-10H3. The highest BCUT2D eigenvalue weighted by atomic mass is 35.5. The number of nitrogen functional groups attached to an aromatic ring is 1. The number of nitro groups is 1. The number of likely N-dealkylation sites (N-methyl/N-ethyl adjacent to an activating group) is 2. The molecule has 0 saturated carbocycles. The van der Waals surface area contributed by atoms with Crippen LogP contribution >= 0.6 is 46.4 Å². The number of aromatic nitrogens is 4. The zero-order valence-electron chi connectivity index (χ0n) is 64.7. The van der Waals surface area contributed by atoms with Crippen LogP contribution in [0.5, 0.6) is 23.0 Å². The van der Waals surface area contributed by atoms with Crippen LogP contribution in [0.1, 0.15) is 104 Å². The van der Waals surface area contributed by atoms with Crippen LogP contribution in [-0.4, -0.2) is 224 Å². The van der Waals surface area contributed by atoms with Gasteiger partial charge in [0.2, 0.25) is 0 Å². The van der Waals surface area contributed by atoms with Gasteiger partial charge in [-0.15, -0.1) is 0 Å². The minimum absolute atomic E-state index is 0.0158. The Kier molecular flexibility index (Phi) is 27.9. The van der Waals surface area contributed by atoms with Gasteiger partial charge >= 0.3 is 36.4 Å². The number of benzene rings is 4. The number of halogens is 4. The highest BCUT2D eigenvalue weighted by molar-refractivity contribution is 6.44. The molecule has 4 heterocycles. The lowest BCUT2D eigenvalue weighted by Crippen LogP contribution is -2.48. The first-order chi connectivity index (χ1) is 51.2. The molecule has 38 heteroatoms. The first-order valence-electron chi connectivity index (χ1n) is 33.9. The molecule has 2 fully saturated rings. The average molecular weight is 1610 g/mol. The molecule has 0 radical (unpaired) electrons. The molecule has 2 N–H and O–H groups in total. The lowest BCUT2D eigenvalue weighted by atomic mass is 10.1. The monoisotopic (exact) mass is 1610 g/mol. The minimum Gasteiger partial charge on any atom is -0.495 e. The van der Waals surface area contributed by atoms with Crippen LogP contribution in [0.15, 0.2) is 73.3 Å². The molecule has 8 rings (SSSR count). The lowest BCUT2D eigenvalue weighted by molar-refractivity contribution is -0.384. The number of anilines is 9. The number of carbonyl (C=O) groups is 8. The number of imide groups is 2. The summed E-state index contributed by atoms with van der Waals surface area (Å²) in [5.74, 6) is -1.06. The lowest BCUT2D eigenvalue weighted by Gasteiger charge is -2.32. The van der Waals surface area contributed by atoms with Crippen molar-refractivity contribution < 1.29 is 81.2 Å². The summed E-state index contributed by atoms with van der Waals surface area (Å²) in [4.78, 5) is 152. The Hall–Kier alpha value is -10.5. The second kappa shape index (κ2) is 35.4. The zero-order valence-corrected chi connectivity index (χ0v) is 67.8. The van der Waals surface area contributed by atoms with Crippen molar-refractivity contribution in [2.75, 3.05) is 144 Å².